The first-order valence-corrected chi connectivity index (χ1v) is 5.58. The maximum absolute atomic E-state index is 2.78. The van der Waals surface area contributed by atoms with Crippen LogP contribution in [0.3, 0.4) is 0 Å². The second-order valence-electron chi connectivity index (χ2n) is 5.17. The number of fused-ring (bicyclic) bond motifs is 1. The van der Waals surface area contributed by atoms with Gasteiger partial charge >= 0.3 is 0 Å². The SMILES string of the molecule is CC1CC1CN1CCCC2CC21. The molecule has 2 saturated carbocycles. The predicted molar refractivity (Wildman–Crippen MR) is 50.0 cm³/mol. The van der Waals surface area contributed by atoms with E-state index in [2.05, 4.69) is 11.8 Å². The molecule has 68 valence electrons. The molecule has 0 radical (unpaired) electrons. The van der Waals surface area contributed by atoms with Crippen LogP contribution in [0.2, 0.25) is 0 Å². The Morgan fingerprint density at radius 2 is 2.17 bits per heavy atom. The summed E-state index contributed by atoms with van der Waals surface area (Å²) in [5.41, 5.74) is 0. The van der Waals surface area contributed by atoms with Crippen LogP contribution in [-0.4, -0.2) is 24.0 Å². The summed E-state index contributed by atoms with van der Waals surface area (Å²) in [6.07, 6.45) is 6.04. The first-order valence-electron chi connectivity index (χ1n) is 5.58. The van der Waals surface area contributed by atoms with Crippen molar-refractivity contribution in [1.29, 1.82) is 0 Å². The van der Waals surface area contributed by atoms with Gasteiger partial charge in [0.05, 0.1) is 0 Å². The third-order valence-corrected chi connectivity index (χ3v) is 4.12. The van der Waals surface area contributed by atoms with Crippen molar-refractivity contribution in [2.75, 3.05) is 13.1 Å². The molecule has 1 heterocycles. The van der Waals surface area contributed by atoms with Gasteiger partial charge in [0.1, 0.15) is 0 Å². The topological polar surface area (TPSA) is 3.24 Å². The highest BCUT2D eigenvalue weighted by molar-refractivity contribution is 5.00. The van der Waals surface area contributed by atoms with Crippen molar-refractivity contribution in [2.24, 2.45) is 17.8 Å². The number of nitrogens with zero attached hydrogens (tertiary/aromatic N) is 1. The normalized spacial score (nSPS) is 51.8. The van der Waals surface area contributed by atoms with Gasteiger partial charge < -0.3 is 0 Å². The van der Waals surface area contributed by atoms with Crippen LogP contribution in [0, 0.1) is 17.8 Å². The van der Waals surface area contributed by atoms with E-state index in [4.69, 9.17) is 0 Å². The van der Waals surface area contributed by atoms with Gasteiger partial charge in [0, 0.05) is 12.6 Å². The summed E-state index contributed by atoms with van der Waals surface area (Å²) in [4.78, 5) is 2.78. The van der Waals surface area contributed by atoms with Crippen LogP contribution in [0.5, 0.6) is 0 Å². The quantitative estimate of drug-likeness (QED) is 0.606. The minimum atomic E-state index is 1.03. The van der Waals surface area contributed by atoms with Crippen molar-refractivity contribution in [3.8, 4) is 0 Å². The molecular formula is C11H19N. The largest absolute Gasteiger partial charge is 0.300 e. The summed E-state index contributed by atoms with van der Waals surface area (Å²) < 4.78 is 0. The monoisotopic (exact) mass is 165 g/mol. The number of hydrogen-bond acceptors (Lipinski definition) is 1. The molecule has 0 spiro atoms. The van der Waals surface area contributed by atoms with Crippen molar-refractivity contribution < 1.29 is 0 Å². The van der Waals surface area contributed by atoms with E-state index in [1.807, 2.05) is 0 Å². The summed E-state index contributed by atoms with van der Waals surface area (Å²) in [5, 5.41) is 0. The van der Waals surface area contributed by atoms with Gasteiger partial charge in [0.2, 0.25) is 0 Å². The second kappa shape index (κ2) is 2.47. The van der Waals surface area contributed by atoms with E-state index >= 15 is 0 Å². The molecule has 3 aliphatic rings. The Labute approximate surface area is 75.1 Å². The number of hydrogen-bond donors (Lipinski definition) is 0. The zero-order chi connectivity index (χ0) is 8.13. The van der Waals surface area contributed by atoms with E-state index in [-0.39, 0.29) is 0 Å². The molecule has 3 rings (SSSR count). The Morgan fingerprint density at radius 3 is 2.92 bits per heavy atom. The van der Waals surface area contributed by atoms with Crippen LogP contribution in [0.1, 0.15) is 32.6 Å². The average Bonchev–Trinajstić information content (AvgIpc) is 2.89. The zero-order valence-electron chi connectivity index (χ0n) is 8.00. The molecule has 4 unspecified atom stereocenters. The van der Waals surface area contributed by atoms with Crippen LogP contribution < -0.4 is 0 Å². The van der Waals surface area contributed by atoms with Crippen molar-refractivity contribution in [3.05, 3.63) is 0 Å². The lowest BCUT2D eigenvalue weighted by molar-refractivity contribution is 0.204. The van der Waals surface area contributed by atoms with Gasteiger partial charge in [-0.25, -0.2) is 0 Å². The summed E-state index contributed by atoms with van der Waals surface area (Å²) in [5.74, 6) is 3.24. The Kier molecular flexibility index (Phi) is 1.52. The molecular weight excluding hydrogens is 146 g/mol. The first-order chi connectivity index (χ1) is 5.84. The lowest BCUT2D eigenvalue weighted by Gasteiger charge is -2.26. The molecule has 0 aromatic heterocycles. The maximum Gasteiger partial charge on any atom is 0.0127 e. The number of piperidine rings is 1. The van der Waals surface area contributed by atoms with Gasteiger partial charge in [-0.15, -0.1) is 0 Å². The molecule has 0 aromatic carbocycles. The Morgan fingerprint density at radius 1 is 1.33 bits per heavy atom. The molecule has 0 bridgehead atoms. The standard InChI is InChI=1S/C11H19N/c1-8-5-10(8)7-12-4-2-3-9-6-11(9)12/h8-11H,2-7H2,1H3. The van der Waals surface area contributed by atoms with Crippen LogP contribution in [0.4, 0.5) is 0 Å². The molecule has 1 heteroatoms. The van der Waals surface area contributed by atoms with Crippen molar-refractivity contribution >= 4 is 0 Å². The average molecular weight is 165 g/mol. The fourth-order valence-corrected chi connectivity index (χ4v) is 2.89. The molecule has 3 fully saturated rings. The van der Waals surface area contributed by atoms with Crippen molar-refractivity contribution in [2.45, 2.75) is 38.6 Å². The Hall–Kier alpha value is -0.0400. The van der Waals surface area contributed by atoms with Crippen molar-refractivity contribution in [3.63, 3.8) is 0 Å². The Bertz CT molecular complexity index is 189. The summed E-state index contributed by atoms with van der Waals surface area (Å²) >= 11 is 0. The van der Waals surface area contributed by atoms with E-state index in [1.54, 1.807) is 0 Å². The first kappa shape index (κ1) is 7.37. The van der Waals surface area contributed by atoms with E-state index in [0.717, 1.165) is 23.8 Å². The van der Waals surface area contributed by atoms with Gasteiger partial charge in [-0.3, -0.25) is 4.90 Å². The number of likely N-dealkylation sites (tertiary alicyclic amines) is 1. The van der Waals surface area contributed by atoms with Crippen LogP contribution in [0.25, 0.3) is 0 Å². The summed E-state index contributed by atoms with van der Waals surface area (Å²) in [6, 6.07) is 1.03. The lowest BCUT2D eigenvalue weighted by Crippen LogP contribution is -2.33. The van der Waals surface area contributed by atoms with Gasteiger partial charge in [0.25, 0.3) is 0 Å². The van der Waals surface area contributed by atoms with Gasteiger partial charge in [-0.2, -0.15) is 0 Å². The van der Waals surface area contributed by atoms with E-state index in [1.165, 1.54) is 38.8 Å². The van der Waals surface area contributed by atoms with E-state index in [0.29, 0.717) is 0 Å². The molecule has 1 aliphatic heterocycles. The summed E-state index contributed by atoms with van der Waals surface area (Å²) in [7, 11) is 0. The predicted octanol–water partition coefficient (Wildman–Crippen LogP) is 2.13. The van der Waals surface area contributed by atoms with E-state index in [9.17, 15) is 0 Å². The molecule has 2 aliphatic carbocycles. The van der Waals surface area contributed by atoms with Crippen LogP contribution in [-0.2, 0) is 0 Å². The highest BCUT2D eigenvalue weighted by Gasteiger charge is 2.46. The molecule has 0 aromatic rings. The van der Waals surface area contributed by atoms with Gasteiger partial charge in [-0.05, 0) is 50.0 Å². The van der Waals surface area contributed by atoms with E-state index < -0.39 is 0 Å². The molecule has 0 amide bonds. The van der Waals surface area contributed by atoms with Gasteiger partial charge in [0.15, 0.2) is 0 Å². The minimum absolute atomic E-state index is 1.03. The van der Waals surface area contributed by atoms with Crippen molar-refractivity contribution in [1.82, 2.24) is 4.90 Å². The second-order valence-corrected chi connectivity index (χ2v) is 5.17. The highest BCUT2D eigenvalue weighted by atomic mass is 15.2. The molecule has 12 heavy (non-hydrogen) atoms. The molecule has 0 N–H and O–H groups in total. The zero-order valence-corrected chi connectivity index (χ0v) is 8.00. The van der Waals surface area contributed by atoms with Gasteiger partial charge in [-0.1, -0.05) is 6.92 Å². The highest BCUT2D eigenvalue weighted by Crippen LogP contribution is 2.46. The molecule has 1 nitrogen and oxygen atoms in total. The smallest absolute Gasteiger partial charge is 0.0127 e. The molecule has 1 saturated heterocycles. The lowest BCUT2D eigenvalue weighted by atomic mass is 10.1. The Balaban J connectivity index is 1.55. The van der Waals surface area contributed by atoms with Crippen LogP contribution in [0.15, 0.2) is 0 Å². The molecule has 4 atom stereocenters. The number of rotatable bonds is 2. The summed E-state index contributed by atoms with van der Waals surface area (Å²) in [6.45, 7) is 5.24. The van der Waals surface area contributed by atoms with Crippen LogP contribution >= 0.6 is 0 Å². The fraction of sp³-hybridized carbons (Fsp3) is 1.00. The fourth-order valence-electron chi connectivity index (χ4n) is 2.89. The third kappa shape index (κ3) is 1.19. The minimum Gasteiger partial charge on any atom is -0.300 e. The third-order valence-electron chi connectivity index (χ3n) is 4.12. The maximum atomic E-state index is 2.78.